The lowest BCUT2D eigenvalue weighted by Crippen LogP contribution is -2.37. The Balaban J connectivity index is 0.00000392. The summed E-state index contributed by atoms with van der Waals surface area (Å²) in [5.41, 5.74) is -1.08. The summed E-state index contributed by atoms with van der Waals surface area (Å²) in [6, 6.07) is 2.62. The number of aryl methyl sites for hydroxylation is 1. The Kier molecular flexibility index (Phi) is 10.2. The first-order valence-corrected chi connectivity index (χ1v) is 8.60. The highest BCUT2D eigenvalue weighted by molar-refractivity contribution is 14.0. The second-order valence-electron chi connectivity index (χ2n) is 5.83. The van der Waals surface area contributed by atoms with Crippen LogP contribution in [-0.2, 0) is 19.3 Å². The van der Waals surface area contributed by atoms with E-state index in [1.165, 1.54) is 0 Å². The van der Waals surface area contributed by atoms with Gasteiger partial charge in [-0.15, -0.1) is 34.2 Å². The number of benzene rings is 1. The van der Waals surface area contributed by atoms with Crippen molar-refractivity contribution >= 4 is 29.9 Å². The van der Waals surface area contributed by atoms with Crippen LogP contribution in [-0.4, -0.2) is 33.8 Å². The van der Waals surface area contributed by atoms with Gasteiger partial charge in [-0.3, -0.25) is 0 Å². The number of unbranched alkanes of at least 4 members (excludes halogenated alkanes) is 1. The standard InChI is InChI=1S/C17H22F4N6.HI/c1-2-22-16(23-7-3-4-8-27-11-25-26-12-27)24-10-13-5-6-14(18)9-15(13)17(19,20)21;/h5-6,9,11-12H,2-4,7-8,10H2,1H3,(H2,22,23,24);1H. The van der Waals surface area contributed by atoms with Crippen LogP contribution in [0.15, 0.2) is 35.8 Å². The number of alkyl halides is 3. The SMILES string of the molecule is CCNC(=NCc1ccc(F)cc1C(F)(F)F)NCCCCn1cnnc1.I. The van der Waals surface area contributed by atoms with Crippen LogP contribution < -0.4 is 10.6 Å². The summed E-state index contributed by atoms with van der Waals surface area (Å²) in [5.74, 6) is -0.507. The zero-order valence-electron chi connectivity index (χ0n) is 15.3. The van der Waals surface area contributed by atoms with E-state index in [-0.39, 0.29) is 36.1 Å². The van der Waals surface area contributed by atoms with Gasteiger partial charge in [0.1, 0.15) is 18.5 Å². The van der Waals surface area contributed by atoms with E-state index in [2.05, 4.69) is 25.8 Å². The molecular weight excluding hydrogens is 491 g/mol. The smallest absolute Gasteiger partial charge is 0.357 e. The summed E-state index contributed by atoms with van der Waals surface area (Å²) >= 11 is 0. The first-order chi connectivity index (χ1) is 12.9. The van der Waals surface area contributed by atoms with Gasteiger partial charge in [-0.2, -0.15) is 13.2 Å². The third-order valence-corrected chi connectivity index (χ3v) is 3.73. The second kappa shape index (κ2) is 11.8. The maximum Gasteiger partial charge on any atom is 0.416 e. The number of guanidine groups is 1. The molecule has 0 radical (unpaired) electrons. The number of hydrogen-bond acceptors (Lipinski definition) is 3. The third-order valence-electron chi connectivity index (χ3n) is 3.73. The second-order valence-corrected chi connectivity index (χ2v) is 5.83. The van der Waals surface area contributed by atoms with Crippen LogP contribution in [0.1, 0.15) is 30.9 Å². The predicted octanol–water partition coefficient (Wildman–Crippen LogP) is 3.59. The van der Waals surface area contributed by atoms with Crippen molar-refractivity contribution < 1.29 is 17.6 Å². The summed E-state index contributed by atoms with van der Waals surface area (Å²) in [5, 5.41) is 13.5. The topological polar surface area (TPSA) is 67.1 Å². The summed E-state index contributed by atoms with van der Waals surface area (Å²) in [4.78, 5) is 4.18. The minimum Gasteiger partial charge on any atom is -0.357 e. The van der Waals surface area contributed by atoms with Gasteiger partial charge in [0, 0.05) is 19.6 Å². The van der Waals surface area contributed by atoms with Crippen molar-refractivity contribution in [3.05, 3.63) is 47.8 Å². The highest BCUT2D eigenvalue weighted by Gasteiger charge is 2.33. The van der Waals surface area contributed by atoms with Crippen LogP contribution in [0.4, 0.5) is 17.6 Å². The molecule has 2 rings (SSSR count). The molecule has 1 aromatic heterocycles. The van der Waals surface area contributed by atoms with E-state index in [0.29, 0.717) is 25.1 Å². The zero-order chi connectivity index (χ0) is 19.7. The Morgan fingerprint density at radius 2 is 1.86 bits per heavy atom. The molecule has 0 spiro atoms. The fourth-order valence-corrected chi connectivity index (χ4v) is 2.42. The number of aromatic nitrogens is 3. The van der Waals surface area contributed by atoms with E-state index in [1.807, 2.05) is 11.5 Å². The minimum atomic E-state index is -4.62. The summed E-state index contributed by atoms with van der Waals surface area (Å²) < 4.78 is 54.2. The minimum absolute atomic E-state index is 0. The number of halogens is 5. The molecule has 0 aliphatic heterocycles. The molecule has 0 amide bonds. The lowest BCUT2D eigenvalue weighted by Gasteiger charge is -2.14. The lowest BCUT2D eigenvalue weighted by atomic mass is 10.1. The summed E-state index contributed by atoms with van der Waals surface area (Å²) in [6.45, 7) is 3.63. The fourth-order valence-electron chi connectivity index (χ4n) is 2.42. The summed E-state index contributed by atoms with van der Waals surface area (Å²) in [7, 11) is 0. The van der Waals surface area contributed by atoms with E-state index in [9.17, 15) is 17.6 Å². The van der Waals surface area contributed by atoms with Gasteiger partial charge < -0.3 is 15.2 Å². The Bertz CT molecular complexity index is 734. The van der Waals surface area contributed by atoms with Gasteiger partial charge in [0.15, 0.2) is 5.96 Å². The lowest BCUT2D eigenvalue weighted by molar-refractivity contribution is -0.138. The molecule has 1 aromatic carbocycles. The molecule has 0 saturated carbocycles. The normalized spacial score (nSPS) is 11.8. The monoisotopic (exact) mass is 514 g/mol. The largest absolute Gasteiger partial charge is 0.416 e. The van der Waals surface area contributed by atoms with Crippen LogP contribution in [0, 0.1) is 5.82 Å². The van der Waals surface area contributed by atoms with Gasteiger partial charge in [-0.1, -0.05) is 6.07 Å². The summed E-state index contributed by atoms with van der Waals surface area (Å²) in [6.07, 6.45) is 0.383. The number of nitrogens with zero attached hydrogens (tertiary/aromatic N) is 4. The van der Waals surface area contributed by atoms with E-state index < -0.39 is 17.6 Å². The van der Waals surface area contributed by atoms with Crippen molar-refractivity contribution in [2.45, 2.75) is 39.0 Å². The van der Waals surface area contributed by atoms with E-state index in [1.54, 1.807) is 12.7 Å². The van der Waals surface area contributed by atoms with E-state index >= 15 is 0 Å². The van der Waals surface area contributed by atoms with Gasteiger partial charge in [-0.05, 0) is 37.5 Å². The Hall–Kier alpha value is -1.92. The Labute approximate surface area is 177 Å². The molecule has 0 saturated heterocycles. The Morgan fingerprint density at radius 1 is 1.14 bits per heavy atom. The molecule has 6 nitrogen and oxygen atoms in total. The third kappa shape index (κ3) is 7.98. The van der Waals surface area contributed by atoms with Crippen molar-refractivity contribution in [3.63, 3.8) is 0 Å². The van der Waals surface area contributed by atoms with Gasteiger partial charge >= 0.3 is 6.18 Å². The number of nitrogens with one attached hydrogen (secondary N) is 2. The van der Waals surface area contributed by atoms with E-state index in [0.717, 1.165) is 31.5 Å². The predicted molar refractivity (Wildman–Crippen MR) is 109 cm³/mol. The number of rotatable bonds is 8. The molecular formula is C17H23F4IN6. The molecule has 156 valence electrons. The van der Waals surface area contributed by atoms with Gasteiger partial charge in [0.05, 0.1) is 12.1 Å². The average molecular weight is 514 g/mol. The highest BCUT2D eigenvalue weighted by Crippen LogP contribution is 2.32. The first kappa shape index (κ1) is 24.1. The molecule has 2 aromatic rings. The molecule has 0 fully saturated rings. The van der Waals surface area contributed by atoms with Gasteiger partial charge in [-0.25, -0.2) is 9.38 Å². The van der Waals surface area contributed by atoms with Crippen LogP contribution in [0.2, 0.25) is 0 Å². The molecule has 0 unspecified atom stereocenters. The van der Waals surface area contributed by atoms with Crippen LogP contribution >= 0.6 is 24.0 Å². The maximum absolute atomic E-state index is 13.2. The molecule has 28 heavy (non-hydrogen) atoms. The Morgan fingerprint density at radius 3 is 2.50 bits per heavy atom. The molecule has 1 heterocycles. The molecule has 0 aliphatic carbocycles. The molecule has 11 heteroatoms. The van der Waals surface area contributed by atoms with Crippen molar-refractivity contribution in [3.8, 4) is 0 Å². The van der Waals surface area contributed by atoms with Gasteiger partial charge in [0.25, 0.3) is 0 Å². The van der Waals surface area contributed by atoms with E-state index in [4.69, 9.17) is 0 Å². The zero-order valence-corrected chi connectivity index (χ0v) is 17.7. The quantitative estimate of drug-likeness (QED) is 0.186. The van der Waals surface area contributed by atoms with Gasteiger partial charge in [0.2, 0.25) is 0 Å². The first-order valence-electron chi connectivity index (χ1n) is 8.60. The van der Waals surface area contributed by atoms with Crippen molar-refractivity contribution in [1.82, 2.24) is 25.4 Å². The maximum atomic E-state index is 13.2. The van der Waals surface area contributed by atoms with Crippen LogP contribution in [0.5, 0.6) is 0 Å². The van der Waals surface area contributed by atoms with Crippen LogP contribution in [0.3, 0.4) is 0 Å². The number of aliphatic imine (C=N–C) groups is 1. The molecule has 2 N–H and O–H groups in total. The van der Waals surface area contributed by atoms with Crippen molar-refractivity contribution in [2.75, 3.05) is 13.1 Å². The molecule has 0 aliphatic rings. The average Bonchev–Trinajstić information content (AvgIpc) is 3.12. The number of hydrogen-bond donors (Lipinski definition) is 2. The fraction of sp³-hybridized carbons (Fsp3) is 0.471. The molecule has 0 bridgehead atoms. The van der Waals surface area contributed by atoms with Crippen LogP contribution in [0.25, 0.3) is 0 Å². The molecule has 0 atom stereocenters. The van der Waals surface area contributed by atoms with Crippen molar-refractivity contribution in [2.24, 2.45) is 4.99 Å². The highest BCUT2D eigenvalue weighted by atomic mass is 127. The van der Waals surface area contributed by atoms with Crippen molar-refractivity contribution in [1.29, 1.82) is 0 Å².